The summed E-state index contributed by atoms with van der Waals surface area (Å²) in [6, 6.07) is 0. The standard InChI is InChI=1S/C77H138O17P2/c1-5-9-13-17-21-25-29-33-35-39-41-45-49-53-57-61-74(79)87-67-72(93-76(81)63-59-55-51-47-43-37-31-27-23-19-15-11-7-3)69-91-95(83,84)89-65-71(78)66-90-96(85,86)92-70-73(94-77(82)64-60-56-52-48-44-38-32-28-24-20-16-12-8-4)68-88-75(80)62-58-54-50-46-42-40-36-34-30-26-22-18-14-10-6-2/h9-10,13-14,21-22,25-26,33-36,71-73,78H,5-8,11-12,15-20,23-24,27-32,37-70H2,1-4H3,(H,83,84)(H,85,86)/b13-9-,14-10-,25-21-,26-22-,35-33-,36-34-. The number of phosphoric ester groups is 2. The second-order valence-electron chi connectivity index (χ2n) is 25.5. The van der Waals surface area contributed by atoms with Gasteiger partial charge in [-0.05, 0) is 89.9 Å². The van der Waals surface area contributed by atoms with Gasteiger partial charge < -0.3 is 33.8 Å². The summed E-state index contributed by atoms with van der Waals surface area (Å²) >= 11 is 0. The van der Waals surface area contributed by atoms with Crippen LogP contribution in [0.3, 0.4) is 0 Å². The Morgan fingerprint density at radius 1 is 0.302 bits per heavy atom. The number of aliphatic hydroxyl groups is 1. The van der Waals surface area contributed by atoms with Gasteiger partial charge in [0.2, 0.25) is 0 Å². The maximum absolute atomic E-state index is 13.1. The van der Waals surface area contributed by atoms with Crippen molar-refractivity contribution in [3.05, 3.63) is 72.9 Å². The minimum Gasteiger partial charge on any atom is -0.462 e. The SMILES string of the molecule is CC/C=C\C/C=C\C/C=C\CCCCCCCC(=O)OCC(COP(=O)(O)OCC(O)COP(=O)(O)OCC(COC(=O)CCCCCCC/C=C\C/C=C\C/C=C\CC)OC(=O)CCCCCCCCCCCCCCC)OC(=O)CCCCCCCCCCCCCCC. The molecule has 0 heterocycles. The molecule has 0 aliphatic rings. The summed E-state index contributed by atoms with van der Waals surface area (Å²) in [5.41, 5.74) is 0. The van der Waals surface area contributed by atoms with Gasteiger partial charge in [-0.3, -0.25) is 37.3 Å². The number of allylic oxidation sites excluding steroid dienone is 12. The van der Waals surface area contributed by atoms with Crippen molar-refractivity contribution in [2.75, 3.05) is 39.6 Å². The number of carbonyl (C=O) groups is 4. The van der Waals surface area contributed by atoms with Gasteiger partial charge in [0.25, 0.3) is 0 Å². The molecule has 0 amide bonds. The summed E-state index contributed by atoms with van der Waals surface area (Å²) in [6.07, 6.45) is 68.9. The van der Waals surface area contributed by atoms with Crippen molar-refractivity contribution >= 4 is 39.5 Å². The fraction of sp³-hybridized carbons (Fsp3) is 0.792. The van der Waals surface area contributed by atoms with E-state index in [1.54, 1.807) is 0 Å². The van der Waals surface area contributed by atoms with Crippen LogP contribution in [0.1, 0.15) is 336 Å². The first-order valence-electron chi connectivity index (χ1n) is 38.2. The first-order chi connectivity index (χ1) is 46.7. The van der Waals surface area contributed by atoms with Crippen LogP contribution in [0.5, 0.6) is 0 Å². The zero-order valence-electron chi connectivity index (χ0n) is 60.8. The van der Waals surface area contributed by atoms with Crippen LogP contribution >= 0.6 is 15.6 Å². The van der Waals surface area contributed by atoms with Gasteiger partial charge in [-0.25, -0.2) is 9.13 Å². The van der Waals surface area contributed by atoms with E-state index in [1.807, 2.05) is 0 Å². The number of carbonyl (C=O) groups excluding carboxylic acids is 4. The zero-order valence-corrected chi connectivity index (χ0v) is 62.6. The Balaban J connectivity index is 5.33. The van der Waals surface area contributed by atoms with Crippen LogP contribution in [0, 0.1) is 0 Å². The molecule has 96 heavy (non-hydrogen) atoms. The molecule has 0 aliphatic carbocycles. The number of phosphoric acid groups is 2. The fourth-order valence-corrected chi connectivity index (χ4v) is 12.0. The van der Waals surface area contributed by atoms with E-state index in [0.29, 0.717) is 25.7 Å². The van der Waals surface area contributed by atoms with E-state index in [4.69, 9.17) is 37.0 Å². The van der Waals surface area contributed by atoms with Crippen molar-refractivity contribution in [1.29, 1.82) is 0 Å². The van der Waals surface area contributed by atoms with Crippen LogP contribution in [0.15, 0.2) is 72.9 Å². The van der Waals surface area contributed by atoms with Gasteiger partial charge in [0.15, 0.2) is 12.2 Å². The van der Waals surface area contributed by atoms with Gasteiger partial charge in [0.1, 0.15) is 19.3 Å². The highest BCUT2D eigenvalue weighted by Crippen LogP contribution is 2.45. The van der Waals surface area contributed by atoms with Crippen LogP contribution in [0.2, 0.25) is 0 Å². The number of hydrogen-bond acceptors (Lipinski definition) is 15. The molecule has 0 aliphatic heterocycles. The highest BCUT2D eigenvalue weighted by Gasteiger charge is 2.30. The Hall–Kier alpha value is -3.50. The normalized spacial score (nSPS) is 14.4. The van der Waals surface area contributed by atoms with Crippen molar-refractivity contribution < 1.29 is 80.2 Å². The maximum Gasteiger partial charge on any atom is 0.472 e. The van der Waals surface area contributed by atoms with Crippen molar-refractivity contribution in [3.63, 3.8) is 0 Å². The molecule has 19 heteroatoms. The van der Waals surface area contributed by atoms with E-state index in [0.717, 1.165) is 154 Å². The number of ether oxygens (including phenoxy) is 4. The molecular weight excluding hydrogens is 1260 g/mol. The summed E-state index contributed by atoms with van der Waals surface area (Å²) in [6.45, 7) is 4.66. The van der Waals surface area contributed by atoms with Gasteiger partial charge in [0.05, 0.1) is 26.4 Å². The lowest BCUT2D eigenvalue weighted by Gasteiger charge is -2.21. The average molecular weight is 1400 g/mol. The second kappa shape index (κ2) is 70.0. The van der Waals surface area contributed by atoms with E-state index in [9.17, 15) is 43.2 Å². The minimum atomic E-state index is -4.97. The summed E-state index contributed by atoms with van der Waals surface area (Å²) in [5.74, 6) is -2.18. The fourth-order valence-electron chi connectivity index (χ4n) is 10.4. The minimum absolute atomic E-state index is 0.0962. The number of unbranched alkanes of at least 4 members (excludes halogenated alkanes) is 34. The third kappa shape index (κ3) is 69.0. The third-order valence-corrected chi connectivity index (χ3v) is 18.1. The summed E-state index contributed by atoms with van der Waals surface area (Å²) < 4.78 is 68.5. The number of esters is 4. The van der Waals surface area contributed by atoms with Gasteiger partial charge in [-0.2, -0.15) is 0 Å². The van der Waals surface area contributed by atoms with Crippen molar-refractivity contribution in [2.45, 2.75) is 354 Å². The van der Waals surface area contributed by atoms with Gasteiger partial charge in [0, 0.05) is 25.7 Å². The maximum atomic E-state index is 13.1. The molecule has 0 saturated carbocycles. The third-order valence-electron chi connectivity index (χ3n) is 16.2. The topological polar surface area (TPSA) is 237 Å². The van der Waals surface area contributed by atoms with Crippen molar-refractivity contribution in [3.8, 4) is 0 Å². The lowest BCUT2D eigenvalue weighted by Crippen LogP contribution is -2.30. The quantitative estimate of drug-likeness (QED) is 0.0169. The molecule has 4 atom stereocenters. The Labute approximate surface area is 583 Å². The molecule has 17 nitrogen and oxygen atoms in total. The largest absolute Gasteiger partial charge is 0.472 e. The van der Waals surface area contributed by atoms with E-state index >= 15 is 0 Å². The summed E-state index contributed by atoms with van der Waals surface area (Å²) in [7, 11) is -9.94. The molecule has 0 aromatic rings. The van der Waals surface area contributed by atoms with E-state index in [1.165, 1.54) is 103 Å². The molecule has 558 valence electrons. The van der Waals surface area contributed by atoms with Gasteiger partial charge in [-0.1, -0.05) is 293 Å². The Kier molecular flexibility index (Phi) is 67.4. The predicted octanol–water partition coefficient (Wildman–Crippen LogP) is 21.7. The number of hydrogen-bond donors (Lipinski definition) is 3. The van der Waals surface area contributed by atoms with E-state index in [-0.39, 0.29) is 25.7 Å². The number of aliphatic hydroxyl groups excluding tert-OH is 1. The molecule has 0 rings (SSSR count). The summed E-state index contributed by atoms with van der Waals surface area (Å²) in [4.78, 5) is 72.8. The van der Waals surface area contributed by atoms with E-state index in [2.05, 4.69) is 101 Å². The monoisotopic (exact) mass is 1400 g/mol. The Bertz CT molecular complexity index is 1960. The summed E-state index contributed by atoms with van der Waals surface area (Å²) in [5, 5.41) is 10.6. The number of rotatable bonds is 72. The second-order valence-corrected chi connectivity index (χ2v) is 28.5. The Morgan fingerprint density at radius 2 is 0.542 bits per heavy atom. The van der Waals surface area contributed by atoms with Crippen LogP contribution in [0.25, 0.3) is 0 Å². The van der Waals surface area contributed by atoms with Gasteiger partial charge >= 0.3 is 39.5 Å². The molecule has 0 spiro atoms. The Morgan fingerprint density at radius 3 is 0.833 bits per heavy atom. The van der Waals surface area contributed by atoms with Crippen LogP contribution < -0.4 is 0 Å². The lowest BCUT2D eigenvalue weighted by molar-refractivity contribution is -0.161. The van der Waals surface area contributed by atoms with Crippen molar-refractivity contribution in [2.24, 2.45) is 0 Å². The molecule has 3 N–H and O–H groups in total. The highest BCUT2D eigenvalue weighted by molar-refractivity contribution is 7.47. The van der Waals surface area contributed by atoms with Crippen LogP contribution in [0.4, 0.5) is 0 Å². The van der Waals surface area contributed by atoms with Crippen LogP contribution in [-0.4, -0.2) is 96.7 Å². The molecule has 0 fully saturated rings. The predicted molar refractivity (Wildman–Crippen MR) is 390 cm³/mol. The smallest absolute Gasteiger partial charge is 0.462 e. The molecule has 0 bridgehead atoms. The molecule has 0 aromatic heterocycles. The van der Waals surface area contributed by atoms with E-state index < -0.39 is 97.5 Å². The molecule has 0 saturated heterocycles. The highest BCUT2D eigenvalue weighted by atomic mass is 31.2. The molecular formula is C77H138O17P2. The molecule has 0 aromatic carbocycles. The zero-order chi connectivity index (χ0) is 70.4. The van der Waals surface area contributed by atoms with Crippen molar-refractivity contribution in [1.82, 2.24) is 0 Å². The molecule has 0 radical (unpaired) electrons. The van der Waals surface area contributed by atoms with Crippen LogP contribution in [-0.2, 0) is 65.4 Å². The first kappa shape index (κ1) is 92.5. The first-order valence-corrected chi connectivity index (χ1v) is 41.2. The molecule has 4 unspecified atom stereocenters. The average Bonchev–Trinajstić information content (AvgIpc) is 1.14. The lowest BCUT2D eigenvalue weighted by atomic mass is 10.0. The van der Waals surface area contributed by atoms with Gasteiger partial charge in [-0.15, -0.1) is 0 Å².